The number of aromatic nitrogens is 6. The van der Waals surface area contributed by atoms with Crippen LogP contribution >= 0.6 is 0 Å². The highest BCUT2D eigenvalue weighted by Crippen LogP contribution is 2.25. The summed E-state index contributed by atoms with van der Waals surface area (Å²) in [4.78, 5) is 30.6. The lowest BCUT2D eigenvalue weighted by Crippen LogP contribution is -2.47. The molecule has 4 heterocycles. The molecule has 0 spiro atoms. The van der Waals surface area contributed by atoms with Crippen molar-refractivity contribution < 1.29 is 0 Å². The normalized spacial score (nSPS) is 14.9. The summed E-state index contributed by atoms with van der Waals surface area (Å²) in [5.74, 6) is 0.933. The Balaban J connectivity index is 1.38. The average molecular weight is 404 g/mol. The first-order chi connectivity index (χ1) is 14.5. The number of aryl methyl sites for hydroxylation is 1. The fraction of sp³-hybridized carbons (Fsp3) is 0.381. The van der Waals surface area contributed by atoms with Crippen molar-refractivity contribution in [3.8, 4) is 0 Å². The van der Waals surface area contributed by atoms with Crippen LogP contribution < -0.4 is 15.4 Å². The molecule has 9 heteroatoms. The lowest BCUT2D eigenvalue weighted by atomic mass is 10.2. The Morgan fingerprint density at radius 2 is 1.73 bits per heavy atom. The highest BCUT2D eigenvalue weighted by Gasteiger charge is 2.21. The smallest absolute Gasteiger partial charge is 0.261 e. The molecule has 0 radical (unpaired) electrons. The minimum absolute atomic E-state index is 0.00983. The van der Waals surface area contributed by atoms with Crippen molar-refractivity contribution in [3.05, 3.63) is 47.4 Å². The third-order valence-electron chi connectivity index (χ3n) is 5.78. The third kappa shape index (κ3) is 2.97. The van der Waals surface area contributed by atoms with Crippen molar-refractivity contribution in [2.75, 3.05) is 36.0 Å². The lowest BCUT2D eigenvalue weighted by Gasteiger charge is -2.36. The van der Waals surface area contributed by atoms with E-state index in [9.17, 15) is 4.79 Å². The number of rotatable bonds is 3. The molecule has 4 aromatic rings. The standard InChI is InChI=1S/C21H24N8O/c1-14(2)29-13-24-18-10-15(4-5-16(18)21(29)30)27-6-8-28(9-7-27)20-17-11-25-26(3)19(17)22-12-23-20/h4-5,10-14H,6-9H2,1-3H3. The first-order valence-electron chi connectivity index (χ1n) is 10.2. The van der Waals surface area contributed by atoms with Gasteiger partial charge in [0.1, 0.15) is 12.1 Å². The first-order valence-corrected chi connectivity index (χ1v) is 10.2. The molecule has 0 aliphatic carbocycles. The predicted octanol–water partition coefficient (Wildman–Crippen LogP) is 1.98. The number of hydrogen-bond donors (Lipinski definition) is 0. The molecule has 0 atom stereocenters. The average Bonchev–Trinajstić information content (AvgIpc) is 3.15. The second-order valence-corrected chi connectivity index (χ2v) is 7.93. The summed E-state index contributed by atoms with van der Waals surface area (Å²) < 4.78 is 3.44. The van der Waals surface area contributed by atoms with Crippen molar-refractivity contribution in [3.63, 3.8) is 0 Å². The van der Waals surface area contributed by atoms with Crippen LogP contribution in [0.15, 0.2) is 41.8 Å². The molecule has 3 aromatic heterocycles. The van der Waals surface area contributed by atoms with E-state index < -0.39 is 0 Å². The van der Waals surface area contributed by atoms with Gasteiger partial charge < -0.3 is 9.80 Å². The largest absolute Gasteiger partial charge is 0.368 e. The highest BCUT2D eigenvalue weighted by molar-refractivity contribution is 5.87. The van der Waals surface area contributed by atoms with E-state index in [2.05, 4.69) is 29.9 Å². The zero-order valence-electron chi connectivity index (χ0n) is 17.4. The molecular formula is C21H24N8O. The van der Waals surface area contributed by atoms with E-state index in [4.69, 9.17) is 0 Å². The van der Waals surface area contributed by atoms with Crippen LogP contribution in [0.2, 0.25) is 0 Å². The molecule has 0 saturated carbocycles. The lowest BCUT2D eigenvalue weighted by molar-refractivity contribution is 0.573. The molecule has 0 bridgehead atoms. The van der Waals surface area contributed by atoms with Crippen molar-refractivity contribution >= 4 is 33.4 Å². The van der Waals surface area contributed by atoms with Crippen LogP contribution in [-0.4, -0.2) is 55.5 Å². The van der Waals surface area contributed by atoms with E-state index in [1.165, 1.54) is 0 Å². The van der Waals surface area contributed by atoms with Gasteiger partial charge in [0.2, 0.25) is 0 Å². The van der Waals surface area contributed by atoms with Gasteiger partial charge >= 0.3 is 0 Å². The maximum Gasteiger partial charge on any atom is 0.261 e. The van der Waals surface area contributed by atoms with Gasteiger partial charge in [-0.15, -0.1) is 0 Å². The summed E-state index contributed by atoms with van der Waals surface area (Å²) >= 11 is 0. The van der Waals surface area contributed by atoms with Gasteiger partial charge in [-0.2, -0.15) is 5.10 Å². The summed E-state index contributed by atoms with van der Waals surface area (Å²) in [5.41, 5.74) is 2.68. The summed E-state index contributed by atoms with van der Waals surface area (Å²) in [5, 5.41) is 5.95. The predicted molar refractivity (Wildman–Crippen MR) is 117 cm³/mol. The van der Waals surface area contributed by atoms with Crippen LogP contribution in [-0.2, 0) is 7.05 Å². The maximum atomic E-state index is 12.7. The van der Waals surface area contributed by atoms with Gasteiger partial charge in [-0.1, -0.05) is 0 Å². The number of piperazine rings is 1. The van der Waals surface area contributed by atoms with Crippen molar-refractivity contribution in [2.24, 2.45) is 7.05 Å². The maximum absolute atomic E-state index is 12.7. The quantitative estimate of drug-likeness (QED) is 0.516. The number of anilines is 2. The summed E-state index contributed by atoms with van der Waals surface area (Å²) in [6.45, 7) is 7.39. The van der Waals surface area contributed by atoms with Crippen molar-refractivity contribution in [2.45, 2.75) is 19.9 Å². The fourth-order valence-electron chi connectivity index (χ4n) is 4.07. The van der Waals surface area contributed by atoms with Gasteiger partial charge in [0.25, 0.3) is 5.56 Å². The minimum Gasteiger partial charge on any atom is -0.368 e. The molecule has 1 aliphatic heterocycles. The number of nitrogens with zero attached hydrogens (tertiary/aromatic N) is 8. The van der Waals surface area contributed by atoms with E-state index >= 15 is 0 Å². The Morgan fingerprint density at radius 3 is 2.50 bits per heavy atom. The van der Waals surface area contributed by atoms with Crippen molar-refractivity contribution in [1.82, 2.24) is 29.3 Å². The Kier molecular flexibility index (Phi) is 4.38. The molecule has 154 valence electrons. The molecule has 9 nitrogen and oxygen atoms in total. The van der Waals surface area contributed by atoms with Crippen LogP contribution in [0.5, 0.6) is 0 Å². The van der Waals surface area contributed by atoms with E-state index in [1.54, 1.807) is 21.9 Å². The summed E-state index contributed by atoms with van der Waals surface area (Å²) in [6, 6.07) is 6.03. The van der Waals surface area contributed by atoms with Crippen molar-refractivity contribution in [1.29, 1.82) is 0 Å². The van der Waals surface area contributed by atoms with E-state index in [0.29, 0.717) is 5.39 Å². The van der Waals surface area contributed by atoms with E-state index in [-0.39, 0.29) is 11.6 Å². The topological polar surface area (TPSA) is 85.0 Å². The van der Waals surface area contributed by atoms with Gasteiger partial charge in [0.15, 0.2) is 5.65 Å². The third-order valence-corrected chi connectivity index (χ3v) is 5.78. The SMILES string of the molecule is CC(C)n1cnc2cc(N3CCN(c4ncnc5c4cnn5C)CC3)ccc2c1=O. The van der Waals surface area contributed by atoms with Gasteiger partial charge in [-0.05, 0) is 32.0 Å². The minimum atomic E-state index is 0.00983. The second-order valence-electron chi connectivity index (χ2n) is 7.93. The van der Waals surface area contributed by atoms with Crippen LogP contribution in [0, 0.1) is 0 Å². The Hall–Kier alpha value is -3.49. The zero-order valence-corrected chi connectivity index (χ0v) is 17.4. The molecule has 0 N–H and O–H groups in total. The Morgan fingerprint density at radius 1 is 0.967 bits per heavy atom. The highest BCUT2D eigenvalue weighted by atomic mass is 16.1. The van der Waals surface area contributed by atoms with Gasteiger partial charge in [-0.25, -0.2) is 15.0 Å². The number of hydrogen-bond acceptors (Lipinski definition) is 7. The monoisotopic (exact) mass is 404 g/mol. The fourth-order valence-corrected chi connectivity index (χ4v) is 4.07. The summed E-state index contributed by atoms with van der Waals surface area (Å²) in [7, 11) is 1.89. The molecule has 5 rings (SSSR count). The molecule has 1 fully saturated rings. The Labute approximate surface area is 173 Å². The summed E-state index contributed by atoms with van der Waals surface area (Å²) in [6.07, 6.45) is 5.08. The van der Waals surface area contributed by atoms with Crippen LogP contribution in [0.3, 0.4) is 0 Å². The molecular weight excluding hydrogens is 380 g/mol. The van der Waals surface area contributed by atoms with Crippen LogP contribution in [0.1, 0.15) is 19.9 Å². The molecule has 1 aliphatic rings. The van der Waals surface area contributed by atoms with Crippen LogP contribution in [0.4, 0.5) is 11.5 Å². The second kappa shape index (κ2) is 7.08. The first kappa shape index (κ1) is 18.5. The zero-order chi connectivity index (χ0) is 20.8. The molecule has 0 amide bonds. The molecule has 30 heavy (non-hydrogen) atoms. The van der Waals surface area contributed by atoms with Gasteiger partial charge in [0.05, 0.1) is 28.8 Å². The van der Waals surface area contributed by atoms with E-state index in [1.807, 2.05) is 45.3 Å². The van der Waals surface area contributed by atoms with Gasteiger partial charge in [-0.3, -0.25) is 14.0 Å². The Bertz CT molecular complexity index is 1280. The molecule has 0 unspecified atom stereocenters. The van der Waals surface area contributed by atoms with E-state index in [0.717, 1.165) is 54.2 Å². The molecule has 1 aromatic carbocycles. The van der Waals surface area contributed by atoms with Gasteiger partial charge in [0, 0.05) is 45.0 Å². The number of benzene rings is 1. The molecule has 1 saturated heterocycles. The number of fused-ring (bicyclic) bond motifs is 2. The van der Waals surface area contributed by atoms with Crippen LogP contribution in [0.25, 0.3) is 21.9 Å².